The summed E-state index contributed by atoms with van der Waals surface area (Å²) in [7, 11) is 3.87. The second-order valence-electron chi connectivity index (χ2n) is 5.96. The monoisotopic (exact) mass is 466 g/mol. The van der Waals surface area contributed by atoms with Crippen LogP contribution in [0.2, 0.25) is 0 Å². The topological polar surface area (TPSA) is 56.7 Å². The zero-order chi connectivity index (χ0) is 17.9. The van der Waals surface area contributed by atoms with Gasteiger partial charge in [-0.3, -0.25) is 4.79 Å². The molecule has 0 aliphatic rings. The normalized spacial score (nSPS) is 10.6. The smallest absolute Gasteiger partial charge is 0.222 e. The van der Waals surface area contributed by atoms with Crippen LogP contribution in [0.1, 0.15) is 17.5 Å². The van der Waals surface area contributed by atoms with Crippen molar-refractivity contribution in [1.29, 1.82) is 0 Å². The summed E-state index contributed by atoms with van der Waals surface area (Å²) >= 11 is 0. The van der Waals surface area contributed by atoms with Crippen LogP contribution in [0.25, 0.3) is 0 Å². The Morgan fingerprint density at radius 3 is 2.08 bits per heavy atom. The first kappa shape index (κ1) is 22.0. The van der Waals surface area contributed by atoms with Crippen LogP contribution in [0, 0.1) is 0 Å². The number of benzene rings is 2. The highest BCUT2D eigenvalue weighted by Gasteiger charge is 2.05. The Hall–Kier alpha value is -2.09. The summed E-state index contributed by atoms with van der Waals surface area (Å²) in [6.45, 7) is 1.72. The summed E-state index contributed by atoms with van der Waals surface area (Å²) in [6, 6.07) is 20.0. The molecule has 0 unspecified atom stereocenters. The predicted molar refractivity (Wildman–Crippen MR) is 118 cm³/mol. The van der Waals surface area contributed by atoms with E-state index >= 15 is 0 Å². The second-order valence-corrected chi connectivity index (χ2v) is 5.96. The first-order valence-corrected chi connectivity index (χ1v) is 8.45. The molecule has 0 radical (unpaired) electrons. The molecule has 0 aliphatic heterocycles. The number of nitrogens with zero attached hydrogens (tertiary/aromatic N) is 2. The number of nitrogens with one attached hydrogen (secondary N) is 2. The molecule has 0 fully saturated rings. The number of aliphatic imine (C=N–C) groups is 1. The molecule has 0 spiro atoms. The first-order chi connectivity index (χ1) is 12.1. The molecule has 2 N–H and O–H groups in total. The van der Waals surface area contributed by atoms with E-state index in [9.17, 15) is 4.79 Å². The maximum absolute atomic E-state index is 11.9. The Labute approximate surface area is 172 Å². The van der Waals surface area contributed by atoms with E-state index in [2.05, 4.69) is 15.6 Å². The van der Waals surface area contributed by atoms with Crippen LogP contribution in [0.15, 0.2) is 65.7 Å². The number of carbonyl (C=O) groups excluding carboxylic acids is 1. The molecule has 0 aliphatic carbocycles. The number of halogens is 1. The van der Waals surface area contributed by atoms with Gasteiger partial charge in [0.15, 0.2) is 5.96 Å². The third-order valence-corrected chi connectivity index (χ3v) is 3.65. The molecule has 0 saturated carbocycles. The fourth-order valence-corrected chi connectivity index (χ4v) is 2.28. The molecule has 26 heavy (non-hydrogen) atoms. The average Bonchev–Trinajstić information content (AvgIpc) is 2.64. The van der Waals surface area contributed by atoms with Crippen molar-refractivity contribution in [3.05, 3.63) is 71.8 Å². The molecule has 0 aromatic heterocycles. The highest BCUT2D eigenvalue weighted by Crippen LogP contribution is 2.01. The third kappa shape index (κ3) is 8.33. The molecule has 0 bridgehead atoms. The van der Waals surface area contributed by atoms with Crippen molar-refractivity contribution >= 4 is 35.8 Å². The second kappa shape index (κ2) is 12.3. The van der Waals surface area contributed by atoms with Crippen molar-refractivity contribution in [2.75, 3.05) is 20.6 Å². The molecule has 140 valence electrons. The Morgan fingerprint density at radius 1 is 0.923 bits per heavy atom. The molecule has 6 heteroatoms. The van der Waals surface area contributed by atoms with E-state index in [0.717, 1.165) is 17.1 Å². The minimum atomic E-state index is 0. The minimum Gasteiger partial charge on any atom is -0.356 e. The van der Waals surface area contributed by atoms with E-state index in [1.54, 1.807) is 0 Å². The van der Waals surface area contributed by atoms with E-state index < -0.39 is 0 Å². The Balaban J connectivity index is 0.00000338. The standard InChI is InChI=1S/C20H26N4O.HI/c1-24(2)20(23-16-18-11-7-4-8-12-18)21-14-13-19(25)22-15-17-9-5-3-6-10-17;/h3-12H,13-16H2,1-2H3,(H,21,23)(H,22,25);1H. The molecule has 0 heterocycles. The zero-order valence-electron chi connectivity index (χ0n) is 15.3. The molecule has 0 saturated heterocycles. The highest BCUT2D eigenvalue weighted by atomic mass is 127. The lowest BCUT2D eigenvalue weighted by Crippen LogP contribution is -2.38. The van der Waals surface area contributed by atoms with Crippen molar-refractivity contribution in [1.82, 2.24) is 15.5 Å². The summed E-state index contributed by atoms with van der Waals surface area (Å²) < 4.78 is 0. The Morgan fingerprint density at radius 2 is 1.50 bits per heavy atom. The van der Waals surface area contributed by atoms with E-state index in [0.29, 0.717) is 26.1 Å². The van der Waals surface area contributed by atoms with Crippen LogP contribution in [0.3, 0.4) is 0 Å². The van der Waals surface area contributed by atoms with Crippen LogP contribution in [-0.2, 0) is 17.9 Å². The van der Waals surface area contributed by atoms with E-state index in [1.807, 2.05) is 79.7 Å². The van der Waals surface area contributed by atoms with Crippen LogP contribution < -0.4 is 10.6 Å². The fourth-order valence-electron chi connectivity index (χ4n) is 2.28. The Kier molecular flexibility index (Phi) is 10.4. The molecule has 2 rings (SSSR count). The number of rotatable bonds is 7. The van der Waals surface area contributed by atoms with Gasteiger partial charge in [-0.05, 0) is 11.1 Å². The fraction of sp³-hybridized carbons (Fsp3) is 0.300. The summed E-state index contributed by atoms with van der Waals surface area (Å²) in [4.78, 5) is 18.4. The number of hydrogen-bond donors (Lipinski definition) is 2. The van der Waals surface area contributed by atoms with Crippen molar-refractivity contribution in [3.63, 3.8) is 0 Å². The third-order valence-electron chi connectivity index (χ3n) is 3.65. The van der Waals surface area contributed by atoms with Gasteiger partial charge in [-0.25, -0.2) is 4.99 Å². The molecule has 0 atom stereocenters. The quantitative estimate of drug-likeness (QED) is 0.375. The summed E-state index contributed by atoms with van der Waals surface area (Å²) in [5, 5.41) is 6.16. The number of amides is 1. The van der Waals surface area contributed by atoms with Crippen molar-refractivity contribution in [2.45, 2.75) is 19.5 Å². The highest BCUT2D eigenvalue weighted by molar-refractivity contribution is 14.0. The molecule has 2 aromatic rings. The Bertz CT molecular complexity index is 675. The van der Waals surface area contributed by atoms with Crippen molar-refractivity contribution in [2.24, 2.45) is 4.99 Å². The van der Waals surface area contributed by atoms with Crippen molar-refractivity contribution < 1.29 is 4.79 Å². The summed E-state index contributed by atoms with van der Waals surface area (Å²) in [5.74, 6) is 0.803. The van der Waals surface area contributed by atoms with E-state index in [1.165, 1.54) is 0 Å². The van der Waals surface area contributed by atoms with Gasteiger partial charge in [0.2, 0.25) is 5.91 Å². The molecular weight excluding hydrogens is 439 g/mol. The van der Waals surface area contributed by atoms with Gasteiger partial charge in [0.05, 0.1) is 6.54 Å². The van der Waals surface area contributed by atoms with Gasteiger partial charge < -0.3 is 15.5 Å². The maximum Gasteiger partial charge on any atom is 0.222 e. The zero-order valence-corrected chi connectivity index (χ0v) is 17.6. The average molecular weight is 466 g/mol. The van der Waals surface area contributed by atoms with Crippen LogP contribution in [-0.4, -0.2) is 37.4 Å². The minimum absolute atomic E-state index is 0. The first-order valence-electron chi connectivity index (χ1n) is 8.45. The maximum atomic E-state index is 11.9. The SMILES string of the molecule is CN(C)C(=NCc1ccccc1)NCCC(=O)NCc1ccccc1.I. The van der Waals surface area contributed by atoms with Crippen LogP contribution in [0.5, 0.6) is 0 Å². The van der Waals surface area contributed by atoms with E-state index in [-0.39, 0.29) is 29.9 Å². The number of hydrogen-bond acceptors (Lipinski definition) is 2. The van der Waals surface area contributed by atoms with Gasteiger partial charge in [-0.15, -0.1) is 24.0 Å². The largest absolute Gasteiger partial charge is 0.356 e. The predicted octanol–water partition coefficient (Wildman–Crippen LogP) is 3.02. The summed E-state index contributed by atoms with van der Waals surface area (Å²) in [5.41, 5.74) is 2.26. The summed E-state index contributed by atoms with van der Waals surface area (Å²) in [6.07, 6.45) is 0.408. The molecule has 1 amide bonds. The van der Waals surface area contributed by atoms with Crippen LogP contribution in [0.4, 0.5) is 0 Å². The van der Waals surface area contributed by atoms with Gasteiger partial charge in [-0.1, -0.05) is 60.7 Å². The van der Waals surface area contributed by atoms with Gasteiger partial charge in [-0.2, -0.15) is 0 Å². The number of carbonyl (C=O) groups is 1. The van der Waals surface area contributed by atoms with Crippen molar-refractivity contribution in [3.8, 4) is 0 Å². The van der Waals surface area contributed by atoms with Gasteiger partial charge in [0, 0.05) is 33.6 Å². The van der Waals surface area contributed by atoms with E-state index in [4.69, 9.17) is 0 Å². The lowest BCUT2D eigenvalue weighted by molar-refractivity contribution is -0.121. The van der Waals surface area contributed by atoms with Gasteiger partial charge in [0.25, 0.3) is 0 Å². The lowest BCUT2D eigenvalue weighted by Gasteiger charge is -2.17. The molecular formula is C20H27IN4O. The molecule has 2 aromatic carbocycles. The van der Waals surface area contributed by atoms with Gasteiger partial charge in [0.1, 0.15) is 0 Å². The lowest BCUT2D eigenvalue weighted by atomic mass is 10.2. The van der Waals surface area contributed by atoms with Crippen LogP contribution >= 0.6 is 24.0 Å². The number of guanidine groups is 1. The molecule has 5 nitrogen and oxygen atoms in total. The van der Waals surface area contributed by atoms with Gasteiger partial charge >= 0.3 is 0 Å².